The van der Waals surface area contributed by atoms with Crippen LogP contribution in [0, 0.1) is 6.92 Å². The van der Waals surface area contributed by atoms with E-state index in [-0.39, 0.29) is 0 Å². The first-order valence-corrected chi connectivity index (χ1v) is 7.15. The van der Waals surface area contributed by atoms with Crippen LogP contribution in [0.15, 0.2) is 54.6 Å². The van der Waals surface area contributed by atoms with Crippen molar-refractivity contribution in [1.29, 1.82) is 0 Å². The van der Waals surface area contributed by atoms with Crippen molar-refractivity contribution in [2.24, 2.45) is 0 Å². The van der Waals surface area contributed by atoms with Gasteiger partial charge in [-0.3, -0.25) is 0 Å². The molecule has 0 heterocycles. The van der Waals surface area contributed by atoms with Crippen molar-refractivity contribution in [3.05, 3.63) is 71.3 Å². The molecule has 1 nitrogen and oxygen atoms in total. The SMILES string of the molecule is Cc1ccccc1CCNCCCc1ccccc1. The standard InChI is InChI=1S/C18H23N/c1-16-8-5-6-12-18(16)13-15-19-14-7-11-17-9-3-2-4-10-17/h2-6,8-10,12,19H,7,11,13-15H2,1H3. The van der Waals surface area contributed by atoms with Crippen molar-refractivity contribution in [1.82, 2.24) is 5.32 Å². The molecule has 0 fully saturated rings. The van der Waals surface area contributed by atoms with Gasteiger partial charge in [-0.25, -0.2) is 0 Å². The Balaban J connectivity index is 1.59. The summed E-state index contributed by atoms with van der Waals surface area (Å²) in [6.45, 7) is 4.35. The molecule has 0 atom stereocenters. The molecule has 100 valence electrons. The van der Waals surface area contributed by atoms with E-state index in [0.717, 1.165) is 25.9 Å². The maximum Gasteiger partial charge on any atom is -0.000825 e. The molecule has 0 aliphatic carbocycles. The fraction of sp³-hybridized carbons (Fsp3) is 0.333. The molecule has 2 rings (SSSR count). The molecule has 0 amide bonds. The van der Waals surface area contributed by atoms with Crippen LogP contribution in [-0.2, 0) is 12.8 Å². The average Bonchev–Trinajstić information content (AvgIpc) is 2.45. The van der Waals surface area contributed by atoms with Crippen LogP contribution in [0.1, 0.15) is 23.1 Å². The molecule has 0 saturated carbocycles. The number of hydrogen-bond donors (Lipinski definition) is 1. The maximum absolute atomic E-state index is 3.53. The van der Waals surface area contributed by atoms with Crippen molar-refractivity contribution in [3.63, 3.8) is 0 Å². The predicted octanol–water partition coefficient (Wildman–Crippen LogP) is 3.76. The zero-order chi connectivity index (χ0) is 13.3. The molecule has 0 aliphatic rings. The van der Waals surface area contributed by atoms with Gasteiger partial charge in [0.25, 0.3) is 0 Å². The van der Waals surface area contributed by atoms with Gasteiger partial charge in [-0.05, 0) is 56.0 Å². The summed E-state index contributed by atoms with van der Waals surface area (Å²) in [6.07, 6.45) is 3.49. The fourth-order valence-corrected chi connectivity index (χ4v) is 2.30. The van der Waals surface area contributed by atoms with E-state index < -0.39 is 0 Å². The van der Waals surface area contributed by atoms with Gasteiger partial charge in [0, 0.05) is 0 Å². The highest BCUT2D eigenvalue weighted by Gasteiger charge is 1.96. The third-order valence-electron chi connectivity index (χ3n) is 3.49. The number of rotatable bonds is 7. The normalized spacial score (nSPS) is 10.6. The van der Waals surface area contributed by atoms with Gasteiger partial charge in [0.1, 0.15) is 0 Å². The summed E-state index contributed by atoms with van der Waals surface area (Å²) in [5.74, 6) is 0. The van der Waals surface area contributed by atoms with Crippen molar-refractivity contribution in [3.8, 4) is 0 Å². The Morgan fingerprint density at radius 3 is 2.32 bits per heavy atom. The van der Waals surface area contributed by atoms with E-state index in [9.17, 15) is 0 Å². The number of benzene rings is 2. The van der Waals surface area contributed by atoms with Gasteiger partial charge in [0.15, 0.2) is 0 Å². The number of nitrogens with one attached hydrogen (secondary N) is 1. The van der Waals surface area contributed by atoms with E-state index in [0.29, 0.717) is 0 Å². The van der Waals surface area contributed by atoms with Crippen molar-refractivity contribution >= 4 is 0 Å². The molecular formula is C18H23N. The highest BCUT2D eigenvalue weighted by atomic mass is 14.8. The molecule has 1 N–H and O–H groups in total. The molecule has 0 bridgehead atoms. The molecular weight excluding hydrogens is 230 g/mol. The summed E-state index contributed by atoms with van der Waals surface area (Å²) in [5, 5.41) is 3.53. The second-order valence-electron chi connectivity index (χ2n) is 5.02. The second kappa shape index (κ2) is 7.75. The Bertz CT molecular complexity index is 476. The van der Waals surface area contributed by atoms with Crippen LogP contribution < -0.4 is 5.32 Å². The lowest BCUT2D eigenvalue weighted by atomic mass is 10.1. The van der Waals surface area contributed by atoms with E-state index in [2.05, 4.69) is 66.8 Å². The zero-order valence-electron chi connectivity index (χ0n) is 11.7. The minimum absolute atomic E-state index is 1.07. The minimum Gasteiger partial charge on any atom is -0.316 e. The quantitative estimate of drug-likeness (QED) is 0.741. The first-order chi connectivity index (χ1) is 9.36. The zero-order valence-corrected chi connectivity index (χ0v) is 11.7. The van der Waals surface area contributed by atoms with Crippen LogP contribution >= 0.6 is 0 Å². The van der Waals surface area contributed by atoms with E-state index in [4.69, 9.17) is 0 Å². The van der Waals surface area contributed by atoms with Gasteiger partial charge in [-0.1, -0.05) is 54.6 Å². The van der Waals surface area contributed by atoms with Crippen molar-refractivity contribution in [2.45, 2.75) is 26.2 Å². The van der Waals surface area contributed by atoms with E-state index in [1.54, 1.807) is 0 Å². The summed E-state index contributed by atoms with van der Waals surface area (Å²) < 4.78 is 0. The van der Waals surface area contributed by atoms with Crippen LogP contribution in [0.4, 0.5) is 0 Å². The topological polar surface area (TPSA) is 12.0 Å². The van der Waals surface area contributed by atoms with E-state index in [1.807, 2.05) is 0 Å². The van der Waals surface area contributed by atoms with Gasteiger partial charge in [0.05, 0.1) is 0 Å². The molecule has 2 aromatic rings. The third kappa shape index (κ3) is 4.88. The largest absolute Gasteiger partial charge is 0.316 e. The molecule has 0 aliphatic heterocycles. The first-order valence-electron chi connectivity index (χ1n) is 7.15. The van der Waals surface area contributed by atoms with Gasteiger partial charge in [-0.2, -0.15) is 0 Å². The third-order valence-corrected chi connectivity index (χ3v) is 3.49. The summed E-state index contributed by atoms with van der Waals surface area (Å²) in [7, 11) is 0. The Kier molecular flexibility index (Phi) is 5.64. The lowest BCUT2D eigenvalue weighted by Gasteiger charge is -2.07. The Labute approximate surface area is 116 Å². The van der Waals surface area contributed by atoms with Crippen LogP contribution in [0.5, 0.6) is 0 Å². The lowest BCUT2D eigenvalue weighted by Crippen LogP contribution is -2.19. The highest BCUT2D eigenvalue weighted by Crippen LogP contribution is 2.07. The fourth-order valence-electron chi connectivity index (χ4n) is 2.30. The van der Waals surface area contributed by atoms with Gasteiger partial charge in [-0.15, -0.1) is 0 Å². The smallest absolute Gasteiger partial charge is 0.000825 e. The van der Waals surface area contributed by atoms with Gasteiger partial charge >= 0.3 is 0 Å². The number of hydrogen-bond acceptors (Lipinski definition) is 1. The Morgan fingerprint density at radius 2 is 1.53 bits per heavy atom. The molecule has 0 spiro atoms. The van der Waals surface area contributed by atoms with E-state index in [1.165, 1.54) is 23.1 Å². The van der Waals surface area contributed by atoms with Crippen LogP contribution in [0.2, 0.25) is 0 Å². The summed E-state index contributed by atoms with van der Waals surface area (Å²) in [5.41, 5.74) is 4.29. The van der Waals surface area contributed by atoms with Crippen LogP contribution in [0.25, 0.3) is 0 Å². The summed E-state index contributed by atoms with van der Waals surface area (Å²) in [4.78, 5) is 0. The average molecular weight is 253 g/mol. The monoisotopic (exact) mass is 253 g/mol. The van der Waals surface area contributed by atoms with Crippen LogP contribution in [0.3, 0.4) is 0 Å². The van der Waals surface area contributed by atoms with Crippen molar-refractivity contribution in [2.75, 3.05) is 13.1 Å². The molecule has 1 heteroatoms. The molecule has 0 aromatic heterocycles. The summed E-state index contributed by atoms with van der Waals surface area (Å²) in [6, 6.07) is 19.3. The van der Waals surface area contributed by atoms with Crippen molar-refractivity contribution < 1.29 is 0 Å². The number of aryl methyl sites for hydroxylation is 2. The highest BCUT2D eigenvalue weighted by molar-refractivity contribution is 5.25. The van der Waals surface area contributed by atoms with Gasteiger partial charge < -0.3 is 5.32 Å². The minimum atomic E-state index is 1.07. The molecule has 2 aromatic carbocycles. The predicted molar refractivity (Wildman–Crippen MR) is 82.5 cm³/mol. The molecule has 0 unspecified atom stereocenters. The Hall–Kier alpha value is -1.60. The molecule has 19 heavy (non-hydrogen) atoms. The van der Waals surface area contributed by atoms with Crippen LogP contribution in [-0.4, -0.2) is 13.1 Å². The molecule has 0 saturated heterocycles. The molecule has 0 radical (unpaired) electrons. The second-order valence-corrected chi connectivity index (χ2v) is 5.02. The summed E-state index contributed by atoms with van der Waals surface area (Å²) >= 11 is 0. The Morgan fingerprint density at radius 1 is 0.789 bits per heavy atom. The van der Waals surface area contributed by atoms with E-state index >= 15 is 0 Å². The lowest BCUT2D eigenvalue weighted by molar-refractivity contribution is 0.647. The van der Waals surface area contributed by atoms with Gasteiger partial charge in [0.2, 0.25) is 0 Å². The maximum atomic E-state index is 3.53. The first kappa shape index (κ1) is 13.8.